The number of aromatic amines is 1. The zero-order valence-electron chi connectivity index (χ0n) is 82.9. The predicted octanol–water partition coefficient (Wildman–Crippen LogP) is 18.2. The van der Waals surface area contributed by atoms with Crippen molar-refractivity contribution in [2.45, 2.75) is 279 Å². The smallest absolute Gasteiger partial charge is 0.306 e. The van der Waals surface area contributed by atoms with Crippen molar-refractivity contribution >= 4 is 168 Å². The SMILES string of the molecule is C.CC1CCCCC1C(=O)NNc1cnc2c(ccn2COCC[SiH](C)C)n1.CC1CCCCC1C(=O)O.CC1CCCCC1c1nnc2cnc3[nH]ccc3n12.CC1CCCCC1c1nnc2cnc3c(ccn3COCC[SiH](C)C)n12.CN(C)c1cnc2c(ccn2COCC[SiH](C)C)n1.C[SiH](C)CCOCn1ccc2nc(Br)cnc21.C[SiH](C)CCOCn1ccc2nc(NN)cnc21. The van der Waals surface area contributed by atoms with Gasteiger partial charge in [0.2, 0.25) is 5.91 Å². The fourth-order valence-electron chi connectivity index (χ4n) is 17.5. The quantitative estimate of drug-likeness (QED) is 0.00963. The van der Waals surface area contributed by atoms with Crippen molar-refractivity contribution in [2.24, 2.45) is 41.4 Å². The number of amides is 1. The average molecular weight is 2030 g/mol. The number of hydrogen-bond acceptors (Lipinski definition) is 25. The molecule has 14 aromatic rings. The predicted molar refractivity (Wildman–Crippen MR) is 566 cm³/mol. The van der Waals surface area contributed by atoms with E-state index in [1.807, 2.05) is 106 Å². The molecule has 0 bridgehead atoms. The van der Waals surface area contributed by atoms with Gasteiger partial charge in [-0.15, -0.1) is 20.4 Å². The topological polar surface area (TPSA) is 396 Å². The molecule has 14 aromatic heterocycles. The minimum atomic E-state index is -0.604. The van der Waals surface area contributed by atoms with Crippen LogP contribution >= 0.6 is 15.9 Å². The van der Waals surface area contributed by atoms with Crippen molar-refractivity contribution in [3.8, 4) is 0 Å². The highest BCUT2D eigenvalue weighted by Gasteiger charge is 2.32. The molecule has 4 saturated carbocycles. The summed E-state index contributed by atoms with van der Waals surface area (Å²) in [5.74, 6) is 12.1. The Morgan fingerprint density at radius 1 is 0.445 bits per heavy atom. The van der Waals surface area contributed by atoms with Gasteiger partial charge < -0.3 is 66.9 Å². The average Bonchev–Trinajstić information content (AvgIpc) is 1.61. The summed E-state index contributed by atoms with van der Waals surface area (Å²) in [6.07, 6.45) is 41.2. The molecule has 0 spiro atoms. The number of aliphatic carboxylic acids is 1. The number of rotatable bonds is 33. The van der Waals surface area contributed by atoms with Gasteiger partial charge >= 0.3 is 5.97 Å². The molecule has 14 heterocycles. The number of carboxylic acid groups (broad SMARTS) is 1. The third-order valence-corrected chi connectivity index (χ3v) is 33.3. The molecule has 41 heteroatoms. The van der Waals surface area contributed by atoms with Crippen LogP contribution < -0.4 is 27.0 Å². The summed E-state index contributed by atoms with van der Waals surface area (Å²) in [7, 11) is 1.25. The van der Waals surface area contributed by atoms with E-state index in [1.165, 1.54) is 94.4 Å². The maximum absolute atomic E-state index is 12.4. The van der Waals surface area contributed by atoms with Crippen LogP contribution in [0, 0.1) is 35.5 Å². The number of anilines is 3. The molecule has 7 N–H and O–H groups in total. The van der Waals surface area contributed by atoms with Crippen molar-refractivity contribution < 1.29 is 38.4 Å². The van der Waals surface area contributed by atoms with Crippen molar-refractivity contribution in [1.29, 1.82) is 0 Å². The molecule has 4 aliphatic carbocycles. The molecule has 0 aliphatic heterocycles. The zero-order chi connectivity index (χ0) is 96.7. The first-order valence-corrected chi connectivity index (χ1v) is 65.7. The molecule has 4 aliphatic rings. The summed E-state index contributed by atoms with van der Waals surface area (Å²) in [6.45, 7) is 39.0. The molecular formula is C96H152BrN27O8Si5. The second-order valence-electron chi connectivity index (χ2n) is 39.2. The fourth-order valence-corrected chi connectivity index (χ4v) is 21.0. The van der Waals surface area contributed by atoms with Crippen LogP contribution in [0.5, 0.6) is 0 Å². The van der Waals surface area contributed by atoms with Gasteiger partial charge in [0.05, 0.1) is 54.1 Å². The lowest BCUT2D eigenvalue weighted by atomic mass is 9.80. The molecular weight excluding hydrogens is 1880 g/mol. The lowest BCUT2D eigenvalue weighted by Crippen LogP contribution is -2.39. The number of H-pyrrole nitrogens is 1. The minimum absolute atomic E-state index is 0. The van der Waals surface area contributed by atoms with Gasteiger partial charge in [-0.05, 0) is 145 Å². The number of hydrazine groups is 2. The summed E-state index contributed by atoms with van der Waals surface area (Å²) < 4.78 is 43.7. The van der Waals surface area contributed by atoms with Crippen LogP contribution in [0.1, 0.15) is 161 Å². The van der Waals surface area contributed by atoms with E-state index in [0.29, 0.717) is 80.8 Å². The van der Waals surface area contributed by atoms with Gasteiger partial charge in [0.1, 0.15) is 77.8 Å². The summed E-state index contributed by atoms with van der Waals surface area (Å²) in [4.78, 5) is 72.4. The van der Waals surface area contributed by atoms with Crippen LogP contribution in [-0.2, 0) is 66.9 Å². The molecule has 137 heavy (non-hydrogen) atoms. The normalized spacial score (nSPS) is 18.3. The highest BCUT2D eigenvalue weighted by Crippen LogP contribution is 2.40. The molecule has 8 unspecified atom stereocenters. The number of carboxylic acids is 1. The van der Waals surface area contributed by atoms with Gasteiger partial charge in [-0.3, -0.25) is 29.2 Å². The Morgan fingerprint density at radius 3 is 1.25 bits per heavy atom. The number of nitrogens with two attached hydrogens (primary N) is 1. The Balaban J connectivity index is 0.000000155. The zero-order valence-corrected chi connectivity index (χ0v) is 90.3. The standard InChI is InChI=1S/C19H31N5O2Si.C19H29N5OSi.C14H17N5.C13H22N4OSi.C11H16BrN3OSi.C11H19N5OSi.C8H14O2.CH4/c1-14-6-4-5-7-15(14)19(25)23-22-17-12-20-18-16(21-17)8-9-24(18)13-26-10-11-27(2)3;1-14-6-4-5-7-15(14)18-22-21-17-12-20-19-16(24(17)18)8-9-23(19)13-25-10-11-26(2)3;1-9-4-2-3-5-10(9)14-18-17-12-8-16-13-11(19(12)14)6-7-15-13;1-16(2)12-9-14-13-11(15-12)5-6-17(13)10-18-7-8-19(3)4;1-17(2)6-5-16-8-15-4-3-9-11(15)13-7-10(12)14-9;1-18(2)6-5-17-8-16-4-3-9-11(16)13-7-10(14-9)15-12;1-6-4-2-3-5-7(6)8(9)10;/h8-9,12,14-15,27H,4-7,10-11,13H2,1-3H3,(H,21,22)(H,23,25);8-9,12,14-15,26H,4-7,10-11,13H2,1-3H3;6-10,15H,2-5H2,1H3;5-6,9,19H,7-8,10H2,1-4H3;3-4,7,17H,5-6,8H2,1-2H3;3-4,7,18H,5-6,8,12H2,1-2H3,(H,14,15);6-7H,2-5H2,1H3,(H,9,10);1H4. The lowest BCUT2D eigenvalue weighted by Gasteiger charge is -2.27. The lowest BCUT2D eigenvalue weighted by molar-refractivity contribution is -0.144. The van der Waals surface area contributed by atoms with Gasteiger partial charge in [0.25, 0.3) is 0 Å². The number of aromatic nitrogens is 22. The maximum Gasteiger partial charge on any atom is 0.306 e. The Bertz CT molecular complexity index is 6020. The first-order chi connectivity index (χ1) is 65.7. The number of nitrogen functional groups attached to an aromatic ring is 1. The number of carbonyl (C=O) groups excluding carboxylic acids is 1. The van der Waals surface area contributed by atoms with Gasteiger partial charge in [-0.25, -0.2) is 55.7 Å². The molecule has 35 nitrogen and oxygen atoms in total. The van der Waals surface area contributed by atoms with Crippen molar-refractivity contribution in [3.05, 3.63) is 127 Å². The molecule has 746 valence electrons. The van der Waals surface area contributed by atoms with Gasteiger partial charge in [0, 0.05) is 146 Å². The van der Waals surface area contributed by atoms with Crippen molar-refractivity contribution in [3.63, 3.8) is 0 Å². The van der Waals surface area contributed by atoms with E-state index >= 15 is 0 Å². The number of carbonyl (C=O) groups is 2. The minimum Gasteiger partial charge on any atom is -0.481 e. The van der Waals surface area contributed by atoms with Crippen LogP contribution in [0.15, 0.2) is 115 Å². The second-order valence-corrected chi connectivity index (χ2v) is 56.8. The summed E-state index contributed by atoms with van der Waals surface area (Å²) in [5, 5.41) is 26.4. The van der Waals surface area contributed by atoms with E-state index in [1.54, 1.807) is 31.0 Å². The summed E-state index contributed by atoms with van der Waals surface area (Å²) in [5.41, 5.74) is 20.7. The Morgan fingerprint density at radius 2 is 0.818 bits per heavy atom. The summed E-state index contributed by atoms with van der Waals surface area (Å²) in [6, 6.07) is 18.0. The van der Waals surface area contributed by atoms with E-state index in [-0.39, 0.29) is 25.2 Å². The van der Waals surface area contributed by atoms with E-state index < -0.39 is 50.0 Å². The van der Waals surface area contributed by atoms with Gasteiger partial charge in [-0.1, -0.05) is 165 Å². The van der Waals surface area contributed by atoms with Crippen LogP contribution in [0.4, 0.5) is 17.5 Å². The molecule has 1 amide bonds. The van der Waals surface area contributed by atoms with Gasteiger partial charge in [0.15, 0.2) is 56.8 Å². The summed E-state index contributed by atoms with van der Waals surface area (Å²) >= 11 is 3.31. The van der Waals surface area contributed by atoms with Crippen LogP contribution in [-0.4, -0.2) is 215 Å². The number of halogens is 1. The van der Waals surface area contributed by atoms with E-state index in [4.69, 9.17) is 34.6 Å². The van der Waals surface area contributed by atoms with Crippen LogP contribution in [0.2, 0.25) is 95.7 Å². The largest absolute Gasteiger partial charge is 0.481 e. The Hall–Kier alpha value is -9.68. The second kappa shape index (κ2) is 54.2. The van der Waals surface area contributed by atoms with Gasteiger partial charge in [-0.2, -0.15) is 0 Å². The Labute approximate surface area is 823 Å². The third-order valence-electron chi connectivity index (χ3n) is 26.0. The molecule has 18 rings (SSSR count). The molecule has 4 fully saturated rings. The van der Waals surface area contributed by atoms with Crippen LogP contribution in [0.25, 0.3) is 78.3 Å². The highest BCUT2D eigenvalue weighted by atomic mass is 79.9. The first kappa shape index (κ1) is 108. The molecule has 0 aromatic carbocycles. The highest BCUT2D eigenvalue weighted by molar-refractivity contribution is 9.10. The Kier molecular flexibility index (Phi) is 42.6. The van der Waals surface area contributed by atoms with E-state index in [2.05, 4.69) is 225 Å². The molecule has 8 atom stereocenters. The number of fused-ring (bicyclic) bond motifs is 10. The van der Waals surface area contributed by atoms with E-state index in [0.717, 1.165) is 172 Å². The number of ether oxygens (including phenoxy) is 5. The van der Waals surface area contributed by atoms with Crippen LogP contribution in [0.3, 0.4) is 0 Å². The maximum atomic E-state index is 12.4. The monoisotopic (exact) mass is 2030 g/mol. The molecule has 0 saturated heterocycles. The van der Waals surface area contributed by atoms with Crippen molar-refractivity contribution in [2.75, 3.05) is 62.9 Å². The number of nitrogens with zero attached hydrogens (tertiary/aromatic N) is 22. The van der Waals surface area contributed by atoms with Crippen molar-refractivity contribution in [1.82, 2.24) is 112 Å². The number of hydrogen-bond donors (Lipinski definition) is 6. The first-order valence-electron chi connectivity index (χ1n) is 49.3. The molecule has 0 radical (unpaired) electrons. The van der Waals surface area contributed by atoms with E-state index in [9.17, 15) is 9.59 Å². The fraction of sp³-hybridized carbons (Fsp3) is 0.583. The third kappa shape index (κ3) is 30.9. The number of nitrogens with one attached hydrogen (secondary N) is 4.